The minimum Gasteiger partial charge on any atom is -0.496 e. The van der Waals surface area contributed by atoms with Gasteiger partial charge in [-0.25, -0.2) is 4.98 Å². The molecule has 0 spiro atoms. The molecule has 0 aliphatic carbocycles. The molecule has 0 bridgehead atoms. The van der Waals surface area contributed by atoms with E-state index < -0.39 is 0 Å². The van der Waals surface area contributed by atoms with Crippen molar-refractivity contribution in [2.45, 2.75) is 57.8 Å². The zero-order chi connectivity index (χ0) is 34.3. The molecule has 49 heavy (non-hydrogen) atoms. The quantitative estimate of drug-likeness (QED) is 0.170. The highest BCUT2D eigenvalue weighted by molar-refractivity contribution is 6.39. The molecule has 0 atom stereocenters. The van der Waals surface area contributed by atoms with Crippen LogP contribution in [-0.2, 0) is 22.6 Å². The predicted octanol–water partition coefficient (Wildman–Crippen LogP) is 7.17. The molecule has 0 unspecified atom stereocenters. The standard InChI is InChI=1S/C38H43Cl2N5O4/c1-24(46)43-29-12-17-45(18-13-29)23-27-9-10-33(44-38(27)48-3)32-6-4-5-30(35(32)39)31-11-16-41-37(36(31)40)25-7-8-26(34(21-25)47-2)22-42-28-14-19-49-20-15-28/h4-11,16,21,28-29,42H,12-15,17-20,22-23H2,1-3H3,(H,43,46). The average molecular weight is 705 g/mol. The number of nitrogens with zero attached hydrogens (tertiary/aromatic N) is 3. The summed E-state index contributed by atoms with van der Waals surface area (Å²) < 4.78 is 17.0. The van der Waals surface area contributed by atoms with E-state index in [1.165, 1.54) is 0 Å². The number of ether oxygens (including phenoxy) is 3. The molecule has 2 aliphatic rings. The van der Waals surface area contributed by atoms with E-state index in [1.54, 1.807) is 27.3 Å². The van der Waals surface area contributed by atoms with Crippen molar-refractivity contribution in [3.63, 3.8) is 0 Å². The third-order valence-corrected chi connectivity index (χ3v) is 10.1. The van der Waals surface area contributed by atoms with Crippen LogP contribution in [0.2, 0.25) is 10.0 Å². The van der Waals surface area contributed by atoms with Crippen LogP contribution in [0.4, 0.5) is 0 Å². The summed E-state index contributed by atoms with van der Waals surface area (Å²) in [7, 11) is 3.32. The summed E-state index contributed by atoms with van der Waals surface area (Å²) in [5, 5.41) is 7.70. The molecule has 2 fully saturated rings. The van der Waals surface area contributed by atoms with Crippen LogP contribution in [0, 0.1) is 0 Å². The molecule has 2 aromatic heterocycles. The summed E-state index contributed by atoms with van der Waals surface area (Å²) in [5.74, 6) is 1.36. The van der Waals surface area contributed by atoms with Crippen LogP contribution in [0.5, 0.6) is 11.6 Å². The Bertz CT molecular complexity index is 1770. The first-order chi connectivity index (χ1) is 23.8. The van der Waals surface area contributed by atoms with Crippen molar-refractivity contribution in [1.82, 2.24) is 25.5 Å². The van der Waals surface area contributed by atoms with Gasteiger partial charge in [0.15, 0.2) is 0 Å². The first-order valence-corrected chi connectivity index (χ1v) is 17.6. The van der Waals surface area contributed by atoms with Gasteiger partial charge in [-0.15, -0.1) is 0 Å². The van der Waals surface area contributed by atoms with Gasteiger partial charge in [0.25, 0.3) is 0 Å². The van der Waals surface area contributed by atoms with E-state index in [9.17, 15) is 4.79 Å². The lowest BCUT2D eigenvalue weighted by Gasteiger charge is -2.32. The third kappa shape index (κ3) is 8.36. The number of nitrogens with one attached hydrogen (secondary N) is 2. The van der Waals surface area contributed by atoms with E-state index >= 15 is 0 Å². The Hall–Kier alpha value is -3.73. The van der Waals surface area contributed by atoms with Gasteiger partial charge >= 0.3 is 0 Å². The zero-order valence-electron chi connectivity index (χ0n) is 28.2. The van der Waals surface area contributed by atoms with Gasteiger partial charge < -0.3 is 24.8 Å². The van der Waals surface area contributed by atoms with E-state index in [0.29, 0.717) is 46.4 Å². The Morgan fingerprint density at radius 2 is 1.63 bits per heavy atom. The maximum atomic E-state index is 11.4. The van der Waals surface area contributed by atoms with Crippen molar-refractivity contribution >= 4 is 29.1 Å². The van der Waals surface area contributed by atoms with Gasteiger partial charge in [-0.05, 0) is 43.9 Å². The Labute approximate surface area is 298 Å². The molecule has 11 heteroatoms. The molecule has 0 radical (unpaired) electrons. The van der Waals surface area contributed by atoms with Gasteiger partial charge in [-0.1, -0.05) is 59.6 Å². The van der Waals surface area contributed by atoms with Crippen molar-refractivity contribution in [2.24, 2.45) is 0 Å². The summed E-state index contributed by atoms with van der Waals surface area (Å²) in [6, 6.07) is 18.5. The topological polar surface area (TPSA) is 97.8 Å². The van der Waals surface area contributed by atoms with Gasteiger partial charge in [0, 0.05) is 98.0 Å². The minimum absolute atomic E-state index is 0.0228. The lowest BCUT2D eigenvalue weighted by atomic mass is 9.99. The Morgan fingerprint density at radius 3 is 2.37 bits per heavy atom. The second kappa shape index (κ2) is 16.3. The van der Waals surface area contributed by atoms with Gasteiger partial charge in [0.05, 0.1) is 35.7 Å². The molecule has 258 valence electrons. The van der Waals surface area contributed by atoms with Crippen molar-refractivity contribution in [3.8, 4) is 45.3 Å². The highest BCUT2D eigenvalue weighted by Gasteiger charge is 2.23. The number of rotatable bonds is 11. The average Bonchev–Trinajstić information content (AvgIpc) is 3.12. The number of piperidine rings is 1. The first kappa shape index (κ1) is 35.1. The zero-order valence-corrected chi connectivity index (χ0v) is 29.7. The summed E-state index contributed by atoms with van der Waals surface area (Å²) in [6.07, 6.45) is 5.60. The lowest BCUT2D eigenvalue weighted by Crippen LogP contribution is -2.43. The van der Waals surface area contributed by atoms with Crippen molar-refractivity contribution < 1.29 is 19.0 Å². The van der Waals surface area contributed by atoms with E-state index in [1.807, 2.05) is 42.5 Å². The van der Waals surface area contributed by atoms with Crippen LogP contribution in [0.25, 0.3) is 33.6 Å². The summed E-state index contributed by atoms with van der Waals surface area (Å²) in [5.41, 5.74) is 6.60. The van der Waals surface area contributed by atoms with Gasteiger partial charge in [0.2, 0.25) is 11.8 Å². The number of aromatic nitrogens is 2. The summed E-state index contributed by atoms with van der Waals surface area (Å²) in [4.78, 5) is 23.3. The fourth-order valence-corrected chi connectivity index (χ4v) is 7.31. The van der Waals surface area contributed by atoms with Crippen LogP contribution in [0.3, 0.4) is 0 Å². The molecular weight excluding hydrogens is 661 g/mol. The van der Waals surface area contributed by atoms with Crippen LogP contribution < -0.4 is 20.1 Å². The minimum atomic E-state index is 0.0228. The Kier molecular flexibility index (Phi) is 11.7. The molecule has 0 saturated carbocycles. The number of hydrogen-bond donors (Lipinski definition) is 2. The number of likely N-dealkylation sites (tertiary alicyclic amines) is 1. The van der Waals surface area contributed by atoms with Crippen LogP contribution in [0.1, 0.15) is 43.7 Å². The van der Waals surface area contributed by atoms with E-state index in [-0.39, 0.29) is 11.9 Å². The molecule has 4 heterocycles. The van der Waals surface area contributed by atoms with Crippen molar-refractivity contribution in [3.05, 3.63) is 82.0 Å². The van der Waals surface area contributed by atoms with Crippen LogP contribution in [0.15, 0.2) is 60.8 Å². The molecular formula is C38H43Cl2N5O4. The fraction of sp³-hybridized carbons (Fsp3) is 0.395. The van der Waals surface area contributed by atoms with Gasteiger partial charge in [-0.2, -0.15) is 0 Å². The number of pyridine rings is 2. The Morgan fingerprint density at radius 1 is 0.898 bits per heavy atom. The second-order valence-electron chi connectivity index (χ2n) is 12.6. The molecule has 9 nitrogen and oxygen atoms in total. The summed E-state index contributed by atoms with van der Waals surface area (Å²) in [6.45, 7) is 6.36. The number of hydrogen-bond acceptors (Lipinski definition) is 8. The van der Waals surface area contributed by atoms with Crippen molar-refractivity contribution in [2.75, 3.05) is 40.5 Å². The molecule has 1 amide bonds. The number of halogens is 2. The number of carbonyl (C=O) groups is 1. The number of amides is 1. The maximum Gasteiger partial charge on any atom is 0.218 e. The highest BCUT2D eigenvalue weighted by atomic mass is 35.5. The largest absolute Gasteiger partial charge is 0.496 e. The fourth-order valence-electron chi connectivity index (χ4n) is 6.66. The van der Waals surface area contributed by atoms with E-state index in [4.69, 9.17) is 42.4 Å². The number of methoxy groups -OCH3 is 2. The molecule has 4 aromatic rings. The van der Waals surface area contributed by atoms with Crippen molar-refractivity contribution in [1.29, 1.82) is 0 Å². The second-order valence-corrected chi connectivity index (χ2v) is 13.4. The lowest BCUT2D eigenvalue weighted by molar-refractivity contribution is -0.120. The van der Waals surface area contributed by atoms with Gasteiger partial charge in [0.1, 0.15) is 5.75 Å². The highest BCUT2D eigenvalue weighted by Crippen LogP contribution is 2.42. The predicted molar refractivity (Wildman–Crippen MR) is 194 cm³/mol. The maximum absolute atomic E-state index is 11.4. The monoisotopic (exact) mass is 703 g/mol. The van der Waals surface area contributed by atoms with E-state index in [0.717, 1.165) is 91.1 Å². The van der Waals surface area contributed by atoms with Crippen LogP contribution in [-0.4, -0.2) is 73.4 Å². The van der Waals surface area contributed by atoms with Crippen LogP contribution >= 0.6 is 23.2 Å². The summed E-state index contributed by atoms with van der Waals surface area (Å²) >= 11 is 14.2. The molecule has 2 aromatic carbocycles. The molecule has 2 N–H and O–H groups in total. The molecule has 2 aliphatic heterocycles. The third-order valence-electron chi connectivity index (χ3n) is 9.34. The van der Waals surface area contributed by atoms with Gasteiger partial charge in [-0.3, -0.25) is 14.7 Å². The molecule has 6 rings (SSSR count). The number of carbonyl (C=O) groups excluding carboxylic acids is 1. The first-order valence-electron chi connectivity index (χ1n) is 16.8. The molecule has 2 saturated heterocycles. The van der Waals surface area contributed by atoms with E-state index in [2.05, 4.69) is 32.7 Å². The Balaban J connectivity index is 1.22. The smallest absolute Gasteiger partial charge is 0.218 e. The normalized spacial score (nSPS) is 16.0. The SMILES string of the molecule is COc1cc(-c2nccc(-c3cccc(-c4ccc(CN5CCC(NC(C)=O)CC5)c(OC)n4)c3Cl)c2Cl)ccc1CNC1CCOCC1. The number of benzene rings is 2.